The molecular formula is C20H21N5O2S. The third kappa shape index (κ3) is 4.12. The van der Waals surface area contributed by atoms with Gasteiger partial charge in [-0.15, -0.1) is 11.3 Å². The molecule has 8 heteroatoms. The van der Waals surface area contributed by atoms with Gasteiger partial charge < -0.3 is 9.84 Å². The van der Waals surface area contributed by atoms with Gasteiger partial charge in [-0.05, 0) is 11.5 Å². The Bertz CT molecular complexity index is 1050. The predicted octanol–water partition coefficient (Wildman–Crippen LogP) is 3.82. The maximum Gasteiger partial charge on any atom is 0.227 e. The maximum absolute atomic E-state index is 12.1. The molecule has 1 N–H and O–H groups in total. The number of hydrogen-bond acceptors (Lipinski definition) is 6. The van der Waals surface area contributed by atoms with Crippen LogP contribution in [0.4, 0.5) is 0 Å². The van der Waals surface area contributed by atoms with E-state index >= 15 is 0 Å². The lowest BCUT2D eigenvalue weighted by Crippen LogP contribution is -2.23. The quantitative estimate of drug-likeness (QED) is 0.514. The van der Waals surface area contributed by atoms with Crippen molar-refractivity contribution < 1.29 is 9.32 Å². The normalized spacial score (nSPS) is 11.4. The van der Waals surface area contributed by atoms with Crippen molar-refractivity contribution in [1.82, 2.24) is 24.8 Å². The van der Waals surface area contributed by atoms with Crippen LogP contribution in [0.3, 0.4) is 0 Å². The van der Waals surface area contributed by atoms with E-state index < -0.39 is 0 Å². The molecule has 0 aliphatic rings. The first kappa shape index (κ1) is 18.4. The number of imidazole rings is 1. The number of amides is 1. The molecule has 0 spiro atoms. The fourth-order valence-electron chi connectivity index (χ4n) is 2.85. The number of rotatable bonds is 7. The molecule has 3 heterocycles. The molecular weight excluding hydrogens is 374 g/mol. The van der Waals surface area contributed by atoms with Gasteiger partial charge in [-0.25, -0.2) is 4.98 Å². The molecule has 0 aliphatic heterocycles. The van der Waals surface area contributed by atoms with Crippen molar-refractivity contribution in [1.29, 1.82) is 0 Å². The molecule has 144 valence electrons. The summed E-state index contributed by atoms with van der Waals surface area (Å²) in [5, 5.41) is 8.87. The zero-order valence-corrected chi connectivity index (χ0v) is 16.6. The Balaban J connectivity index is 1.28. The first-order chi connectivity index (χ1) is 13.6. The second-order valence-electron chi connectivity index (χ2n) is 6.89. The van der Waals surface area contributed by atoms with Crippen LogP contribution in [0.5, 0.6) is 0 Å². The number of nitrogens with one attached hydrogen (secondary N) is 1. The van der Waals surface area contributed by atoms with Crippen LogP contribution in [0, 0.1) is 0 Å². The molecule has 0 saturated carbocycles. The minimum atomic E-state index is -0.0719. The van der Waals surface area contributed by atoms with Gasteiger partial charge in [0.1, 0.15) is 0 Å². The molecule has 3 aromatic heterocycles. The van der Waals surface area contributed by atoms with Crippen LogP contribution in [0.25, 0.3) is 16.3 Å². The summed E-state index contributed by atoms with van der Waals surface area (Å²) in [5.74, 6) is 1.41. The highest BCUT2D eigenvalue weighted by molar-refractivity contribution is 7.15. The van der Waals surface area contributed by atoms with E-state index in [9.17, 15) is 4.79 Å². The summed E-state index contributed by atoms with van der Waals surface area (Å²) in [6, 6.07) is 8.13. The van der Waals surface area contributed by atoms with Crippen LogP contribution in [0.2, 0.25) is 0 Å². The number of aryl methyl sites for hydroxylation is 1. The summed E-state index contributed by atoms with van der Waals surface area (Å²) >= 11 is 1.56. The van der Waals surface area contributed by atoms with Crippen molar-refractivity contribution in [2.45, 2.75) is 39.2 Å². The second-order valence-corrected chi connectivity index (χ2v) is 7.76. The highest BCUT2D eigenvalue weighted by Crippen LogP contribution is 2.20. The van der Waals surface area contributed by atoms with Gasteiger partial charge >= 0.3 is 0 Å². The molecule has 0 fully saturated rings. The standard InChI is InChI=1S/C20H21N5O2S/c1-13(2)14-3-5-15(6-4-14)19-23-18(27-24-19)8-7-17(26)21-11-16-12-25-9-10-28-20(25)22-16/h3-6,9-10,12-13H,7-8,11H2,1-2H3,(H,21,26). The Labute approximate surface area is 166 Å². The zero-order chi connectivity index (χ0) is 19.5. The molecule has 0 unspecified atom stereocenters. The molecule has 1 aromatic carbocycles. The van der Waals surface area contributed by atoms with Crippen molar-refractivity contribution in [2.75, 3.05) is 0 Å². The third-order valence-electron chi connectivity index (χ3n) is 4.48. The van der Waals surface area contributed by atoms with Gasteiger partial charge in [-0.3, -0.25) is 9.20 Å². The van der Waals surface area contributed by atoms with Crippen LogP contribution in [-0.4, -0.2) is 25.4 Å². The van der Waals surface area contributed by atoms with Gasteiger partial charge in [0.15, 0.2) is 4.96 Å². The Hall–Kier alpha value is -3.00. The maximum atomic E-state index is 12.1. The van der Waals surface area contributed by atoms with Gasteiger partial charge in [0, 0.05) is 36.2 Å². The summed E-state index contributed by atoms with van der Waals surface area (Å²) in [5.41, 5.74) is 3.01. The van der Waals surface area contributed by atoms with Crippen molar-refractivity contribution in [3.8, 4) is 11.4 Å². The number of carbonyl (C=O) groups excluding carboxylic acids is 1. The Kier molecular flexibility index (Phi) is 5.21. The highest BCUT2D eigenvalue weighted by atomic mass is 32.1. The largest absolute Gasteiger partial charge is 0.350 e. The number of hydrogen-bond donors (Lipinski definition) is 1. The fourth-order valence-corrected chi connectivity index (χ4v) is 3.57. The molecule has 4 rings (SSSR count). The first-order valence-corrected chi connectivity index (χ1v) is 10.1. The molecule has 7 nitrogen and oxygen atoms in total. The number of benzene rings is 1. The Morgan fingerprint density at radius 3 is 2.82 bits per heavy atom. The summed E-state index contributed by atoms with van der Waals surface area (Å²) in [4.78, 5) is 21.8. The molecule has 0 aliphatic carbocycles. The van der Waals surface area contributed by atoms with E-state index in [0.29, 0.717) is 30.6 Å². The predicted molar refractivity (Wildman–Crippen MR) is 107 cm³/mol. The first-order valence-electron chi connectivity index (χ1n) is 9.19. The van der Waals surface area contributed by atoms with Crippen LogP contribution in [0.15, 0.2) is 46.6 Å². The fraction of sp³-hybridized carbons (Fsp3) is 0.300. The van der Waals surface area contributed by atoms with E-state index in [0.717, 1.165) is 16.2 Å². The smallest absolute Gasteiger partial charge is 0.227 e. The van der Waals surface area contributed by atoms with Gasteiger partial charge in [0.25, 0.3) is 0 Å². The second kappa shape index (κ2) is 7.93. The summed E-state index contributed by atoms with van der Waals surface area (Å²) in [6.07, 6.45) is 4.56. The van der Waals surface area contributed by atoms with Crippen LogP contribution < -0.4 is 5.32 Å². The Morgan fingerprint density at radius 2 is 2.07 bits per heavy atom. The van der Waals surface area contributed by atoms with Crippen LogP contribution in [-0.2, 0) is 17.8 Å². The number of carbonyl (C=O) groups is 1. The Morgan fingerprint density at radius 1 is 1.25 bits per heavy atom. The average Bonchev–Trinajstić information content (AvgIpc) is 3.41. The lowest BCUT2D eigenvalue weighted by atomic mass is 10.0. The molecule has 0 atom stereocenters. The van der Waals surface area contributed by atoms with Crippen LogP contribution >= 0.6 is 11.3 Å². The van der Waals surface area contributed by atoms with E-state index in [1.165, 1.54) is 5.56 Å². The van der Waals surface area contributed by atoms with Crippen LogP contribution in [0.1, 0.15) is 43.3 Å². The molecule has 0 saturated heterocycles. The minimum absolute atomic E-state index is 0.0719. The lowest BCUT2D eigenvalue weighted by molar-refractivity contribution is -0.121. The SMILES string of the molecule is CC(C)c1ccc(-c2noc(CCC(=O)NCc3cn4ccsc4n3)n2)cc1. The number of fused-ring (bicyclic) bond motifs is 1. The van der Waals surface area contributed by atoms with Crippen molar-refractivity contribution in [3.05, 3.63) is 59.2 Å². The van der Waals surface area contributed by atoms with E-state index in [1.807, 2.05) is 34.3 Å². The average molecular weight is 395 g/mol. The zero-order valence-electron chi connectivity index (χ0n) is 15.8. The van der Waals surface area contributed by atoms with E-state index in [1.54, 1.807) is 11.3 Å². The number of nitrogens with zero attached hydrogens (tertiary/aromatic N) is 4. The summed E-state index contributed by atoms with van der Waals surface area (Å²) in [7, 11) is 0. The molecule has 1 amide bonds. The minimum Gasteiger partial charge on any atom is -0.350 e. The monoisotopic (exact) mass is 395 g/mol. The summed E-state index contributed by atoms with van der Waals surface area (Å²) < 4.78 is 7.23. The van der Waals surface area contributed by atoms with E-state index in [4.69, 9.17) is 4.52 Å². The molecule has 0 bridgehead atoms. The molecule has 4 aromatic rings. The van der Waals surface area contributed by atoms with Gasteiger partial charge in [0.05, 0.1) is 12.2 Å². The lowest BCUT2D eigenvalue weighted by Gasteiger charge is -2.04. The van der Waals surface area contributed by atoms with Crippen molar-refractivity contribution >= 4 is 22.2 Å². The molecule has 0 radical (unpaired) electrons. The van der Waals surface area contributed by atoms with Crippen molar-refractivity contribution in [2.24, 2.45) is 0 Å². The van der Waals surface area contributed by atoms with E-state index in [2.05, 4.69) is 46.4 Å². The topological polar surface area (TPSA) is 85.3 Å². The highest BCUT2D eigenvalue weighted by Gasteiger charge is 2.12. The summed E-state index contributed by atoms with van der Waals surface area (Å²) in [6.45, 7) is 4.72. The number of thiazole rings is 1. The number of aromatic nitrogens is 4. The third-order valence-corrected chi connectivity index (χ3v) is 5.25. The van der Waals surface area contributed by atoms with Gasteiger partial charge in [0.2, 0.25) is 17.6 Å². The van der Waals surface area contributed by atoms with Gasteiger partial charge in [-0.1, -0.05) is 43.3 Å². The van der Waals surface area contributed by atoms with E-state index in [-0.39, 0.29) is 12.3 Å². The van der Waals surface area contributed by atoms with Crippen molar-refractivity contribution in [3.63, 3.8) is 0 Å². The molecule has 28 heavy (non-hydrogen) atoms. The van der Waals surface area contributed by atoms with Gasteiger partial charge in [-0.2, -0.15) is 4.98 Å².